The van der Waals surface area contributed by atoms with E-state index in [2.05, 4.69) is 12.9 Å². The number of carboxylic acid groups (broad SMARTS) is 3. The minimum absolute atomic E-state index is 0.0918. The quantitative estimate of drug-likeness (QED) is 0.284. The first-order chi connectivity index (χ1) is 12.3. The van der Waals surface area contributed by atoms with Gasteiger partial charge in [-0.3, -0.25) is 14.4 Å². The highest BCUT2D eigenvalue weighted by Gasteiger charge is 2.29. The average Bonchev–Trinajstić information content (AvgIpc) is 2.58. The van der Waals surface area contributed by atoms with Gasteiger partial charge in [0.05, 0.1) is 0 Å². The maximum absolute atomic E-state index is 10.7. The van der Waals surface area contributed by atoms with Crippen molar-refractivity contribution in [1.82, 2.24) is 0 Å². The molecule has 1 rings (SSSR count). The predicted molar refractivity (Wildman–Crippen MR) is 95.8 cm³/mol. The number of benzene rings is 1. The lowest BCUT2D eigenvalue weighted by Gasteiger charge is -2.08. The summed E-state index contributed by atoms with van der Waals surface area (Å²) in [6, 6.07) is 5.98. The number of carbonyl (C=O) groups is 3. The van der Waals surface area contributed by atoms with Crippen LogP contribution in [0.3, 0.4) is 0 Å². The monoisotopic (exact) mass is 393 g/mol. The fourth-order valence-electron chi connectivity index (χ4n) is 1.96. The van der Waals surface area contributed by atoms with Crippen LogP contribution in [0.1, 0.15) is 56.9 Å². The molecule has 26 heavy (non-hydrogen) atoms. The molecule has 0 aliphatic heterocycles. The van der Waals surface area contributed by atoms with Crippen LogP contribution in [0.25, 0.3) is 0 Å². The summed E-state index contributed by atoms with van der Waals surface area (Å²) in [5.74, 6) is -2.13. The van der Waals surface area contributed by atoms with Crippen molar-refractivity contribution < 1.29 is 34.2 Å². The van der Waals surface area contributed by atoms with Gasteiger partial charge in [0.2, 0.25) is 0 Å². The third-order valence-corrected chi connectivity index (χ3v) is 3.55. The molecule has 1 aromatic carbocycles. The van der Waals surface area contributed by atoms with Crippen LogP contribution in [0.5, 0.6) is 0 Å². The summed E-state index contributed by atoms with van der Waals surface area (Å²) in [6.45, 7) is 2.15. The van der Waals surface area contributed by atoms with Crippen molar-refractivity contribution in [3.8, 4) is 0 Å². The Labute approximate surface area is 156 Å². The van der Waals surface area contributed by atoms with E-state index in [0.717, 1.165) is 12.8 Å². The zero-order valence-electron chi connectivity index (χ0n) is 14.5. The number of carboxylic acids is 3. The van der Waals surface area contributed by atoms with E-state index >= 15 is 0 Å². The van der Waals surface area contributed by atoms with E-state index in [-0.39, 0.29) is 10.6 Å². The SMILES string of the molecule is CCCCCCCC(=O)O.NF.O=C(O)C(C(=O)O)c1ccccc1Cl. The van der Waals surface area contributed by atoms with Crippen LogP contribution in [0.4, 0.5) is 4.48 Å². The van der Waals surface area contributed by atoms with E-state index in [1.165, 1.54) is 31.4 Å². The molecule has 0 fully saturated rings. The molecule has 0 aliphatic carbocycles. The van der Waals surface area contributed by atoms with Crippen molar-refractivity contribution in [2.45, 2.75) is 51.4 Å². The third-order valence-electron chi connectivity index (χ3n) is 3.20. The fraction of sp³-hybridized carbons (Fsp3) is 0.471. The third kappa shape index (κ3) is 12.2. The molecule has 0 heterocycles. The second-order valence-electron chi connectivity index (χ2n) is 5.19. The van der Waals surface area contributed by atoms with E-state index in [9.17, 15) is 14.4 Å². The Morgan fingerprint density at radius 1 is 1.00 bits per heavy atom. The highest BCUT2D eigenvalue weighted by Crippen LogP contribution is 2.24. The number of hydrogen-bond donors (Lipinski definition) is 4. The first-order valence-corrected chi connectivity index (χ1v) is 8.32. The van der Waals surface area contributed by atoms with Gasteiger partial charge in [-0.2, -0.15) is 5.96 Å². The van der Waals surface area contributed by atoms with Gasteiger partial charge in [-0.25, -0.2) is 0 Å². The van der Waals surface area contributed by atoms with Gasteiger partial charge in [-0.15, -0.1) is 4.48 Å². The van der Waals surface area contributed by atoms with Crippen LogP contribution in [0.15, 0.2) is 24.3 Å². The second-order valence-corrected chi connectivity index (χ2v) is 5.60. The first kappa shape index (κ1) is 26.0. The topological polar surface area (TPSA) is 138 Å². The summed E-state index contributed by atoms with van der Waals surface area (Å²) in [7, 11) is 0. The van der Waals surface area contributed by atoms with Gasteiger partial charge in [0, 0.05) is 11.4 Å². The number of aliphatic carboxylic acids is 3. The van der Waals surface area contributed by atoms with Crippen molar-refractivity contribution in [3.63, 3.8) is 0 Å². The van der Waals surface area contributed by atoms with Crippen LogP contribution in [0, 0.1) is 0 Å². The fourth-order valence-corrected chi connectivity index (χ4v) is 2.21. The Kier molecular flexibility index (Phi) is 16.3. The van der Waals surface area contributed by atoms with Gasteiger partial charge >= 0.3 is 17.9 Å². The maximum Gasteiger partial charge on any atom is 0.322 e. The average molecular weight is 394 g/mol. The zero-order valence-corrected chi connectivity index (χ0v) is 15.3. The molecule has 0 aromatic heterocycles. The first-order valence-electron chi connectivity index (χ1n) is 7.94. The molecule has 0 bridgehead atoms. The van der Waals surface area contributed by atoms with Gasteiger partial charge in [0.25, 0.3) is 0 Å². The number of nitrogens with two attached hydrogens (primary N) is 1. The highest BCUT2D eigenvalue weighted by molar-refractivity contribution is 6.32. The smallest absolute Gasteiger partial charge is 0.322 e. The normalized spacial score (nSPS) is 9.42. The molecule has 9 heteroatoms. The van der Waals surface area contributed by atoms with E-state index in [0.29, 0.717) is 6.42 Å². The summed E-state index contributed by atoms with van der Waals surface area (Å²) in [6.07, 6.45) is 5.88. The Morgan fingerprint density at radius 2 is 1.50 bits per heavy atom. The van der Waals surface area contributed by atoms with Gasteiger partial charge in [-0.05, 0) is 18.1 Å². The van der Waals surface area contributed by atoms with Gasteiger partial charge in [0.15, 0.2) is 5.92 Å². The van der Waals surface area contributed by atoms with Crippen LogP contribution in [-0.4, -0.2) is 33.2 Å². The standard InChI is InChI=1S/C9H7ClO4.C8H16O2.FH2N/c10-6-4-2-1-3-5(6)7(8(11)12)9(13)14;1-2-3-4-5-6-7-8(9)10;1-2/h1-4,7H,(H,11,12)(H,13,14);2-7H2,1H3,(H,9,10);2H2. The van der Waals surface area contributed by atoms with Crippen molar-refractivity contribution in [2.75, 3.05) is 0 Å². The van der Waals surface area contributed by atoms with Crippen molar-refractivity contribution in [1.29, 1.82) is 0 Å². The van der Waals surface area contributed by atoms with Gasteiger partial charge in [-0.1, -0.05) is 62.4 Å². The summed E-state index contributed by atoms with van der Waals surface area (Å²) in [5.41, 5.74) is 0.0918. The molecule has 7 nitrogen and oxygen atoms in total. The molecular formula is C17H25ClFNO6. The molecule has 0 saturated heterocycles. The Bertz CT molecular complexity index is 542. The van der Waals surface area contributed by atoms with E-state index < -0.39 is 23.8 Å². The predicted octanol–water partition coefficient (Wildman–Crippen LogP) is 3.85. The Hall–Kier alpha value is -2.19. The lowest BCUT2D eigenvalue weighted by molar-refractivity contribution is -0.150. The Balaban J connectivity index is 0. The largest absolute Gasteiger partial charge is 0.481 e. The molecule has 0 spiro atoms. The van der Waals surface area contributed by atoms with Gasteiger partial charge < -0.3 is 15.3 Å². The lowest BCUT2D eigenvalue weighted by Crippen LogP contribution is -2.21. The van der Waals surface area contributed by atoms with E-state index in [1.807, 2.05) is 0 Å². The molecule has 0 amide bonds. The number of rotatable bonds is 9. The van der Waals surface area contributed by atoms with Crippen LogP contribution in [-0.2, 0) is 14.4 Å². The van der Waals surface area contributed by atoms with E-state index in [4.69, 9.17) is 31.4 Å². The summed E-state index contributed by atoms with van der Waals surface area (Å²) in [5, 5.41) is 25.8. The van der Waals surface area contributed by atoms with Crippen LogP contribution >= 0.6 is 11.6 Å². The number of unbranched alkanes of at least 4 members (excludes halogenated alkanes) is 4. The number of hydrogen-bond acceptors (Lipinski definition) is 4. The molecule has 148 valence electrons. The summed E-state index contributed by atoms with van der Waals surface area (Å²) in [4.78, 5) is 31.3. The lowest BCUT2D eigenvalue weighted by atomic mass is 10.00. The maximum atomic E-state index is 10.7. The summed E-state index contributed by atoms with van der Waals surface area (Å²) >= 11 is 5.68. The van der Waals surface area contributed by atoms with Crippen LogP contribution < -0.4 is 5.96 Å². The minimum atomic E-state index is -1.61. The Morgan fingerprint density at radius 3 is 1.92 bits per heavy atom. The highest BCUT2D eigenvalue weighted by atomic mass is 35.5. The molecule has 0 atom stereocenters. The molecule has 0 unspecified atom stereocenters. The minimum Gasteiger partial charge on any atom is -0.481 e. The molecule has 5 N–H and O–H groups in total. The van der Waals surface area contributed by atoms with E-state index in [1.54, 1.807) is 12.1 Å². The van der Waals surface area contributed by atoms with Crippen molar-refractivity contribution >= 4 is 29.5 Å². The zero-order chi connectivity index (χ0) is 20.5. The van der Waals surface area contributed by atoms with Crippen molar-refractivity contribution in [2.24, 2.45) is 5.96 Å². The van der Waals surface area contributed by atoms with Gasteiger partial charge in [0.1, 0.15) is 0 Å². The molecular weight excluding hydrogens is 369 g/mol. The molecule has 0 saturated carbocycles. The molecule has 0 aliphatic rings. The second kappa shape index (κ2) is 16.3. The van der Waals surface area contributed by atoms with Crippen molar-refractivity contribution in [3.05, 3.63) is 34.9 Å². The molecule has 0 radical (unpaired) electrons. The number of halogens is 2. The van der Waals surface area contributed by atoms with Crippen LogP contribution in [0.2, 0.25) is 5.02 Å². The summed E-state index contributed by atoms with van der Waals surface area (Å²) < 4.78 is 9.00. The molecule has 1 aromatic rings.